The van der Waals surface area contributed by atoms with Gasteiger partial charge in [-0.2, -0.15) is 0 Å². The van der Waals surface area contributed by atoms with Crippen LogP contribution in [0.1, 0.15) is 43.7 Å². The summed E-state index contributed by atoms with van der Waals surface area (Å²) in [6, 6.07) is 16.3. The first-order chi connectivity index (χ1) is 16.7. The second kappa shape index (κ2) is 10.1. The molecule has 0 bridgehead atoms. The number of amides is 2. The zero-order valence-corrected chi connectivity index (χ0v) is 20.1. The highest BCUT2D eigenvalue weighted by Gasteiger charge is 2.44. The minimum Gasteiger partial charge on any atom is -0.479 e. The van der Waals surface area contributed by atoms with Gasteiger partial charge in [-0.15, -0.1) is 0 Å². The van der Waals surface area contributed by atoms with Crippen molar-refractivity contribution in [3.8, 4) is 11.1 Å². The van der Waals surface area contributed by atoms with Crippen LogP contribution in [0, 0.1) is 11.8 Å². The summed E-state index contributed by atoms with van der Waals surface area (Å²) in [4.78, 5) is 37.9. The number of carboxylic acid groups (broad SMARTS) is 1. The van der Waals surface area contributed by atoms with Crippen LogP contribution in [0.4, 0.5) is 4.79 Å². The number of β-amino-alcohol motifs (C(OH)–C–C–N with tert-alkyl or cyclic N) is 1. The van der Waals surface area contributed by atoms with Crippen LogP contribution in [0.15, 0.2) is 48.5 Å². The molecule has 35 heavy (non-hydrogen) atoms. The summed E-state index contributed by atoms with van der Waals surface area (Å²) in [5.74, 6) is -1.62. The van der Waals surface area contributed by atoms with Crippen molar-refractivity contribution in [1.82, 2.24) is 10.2 Å². The summed E-state index contributed by atoms with van der Waals surface area (Å²) < 4.78 is 5.58. The molecule has 1 saturated heterocycles. The number of carboxylic acids is 1. The van der Waals surface area contributed by atoms with Crippen LogP contribution < -0.4 is 5.32 Å². The van der Waals surface area contributed by atoms with Crippen molar-refractivity contribution in [3.63, 3.8) is 0 Å². The third-order valence-electron chi connectivity index (χ3n) is 7.23. The molecule has 3 N–H and O–H groups in total. The molecule has 4 rings (SSSR count). The number of ether oxygens (including phenoxy) is 1. The molecule has 1 fully saturated rings. The van der Waals surface area contributed by atoms with E-state index < -0.39 is 17.7 Å². The second-order valence-electron chi connectivity index (χ2n) is 9.82. The maximum Gasteiger partial charge on any atom is 0.407 e. The van der Waals surface area contributed by atoms with E-state index in [4.69, 9.17) is 4.74 Å². The van der Waals surface area contributed by atoms with Crippen LogP contribution in [-0.4, -0.2) is 64.9 Å². The standard InChI is InChI=1S/C27H32N2O6/c1-17(2)18(13-24(30)29-12-11-27(34,16-29)25(31)32)14-28-26(33)35-15-23-21-9-5-3-7-19(21)20-8-4-6-10-22(20)23/h3-10,17-18,23,34H,11-16H2,1-2H3,(H,28,33)(H,31,32). The average molecular weight is 481 g/mol. The first-order valence-corrected chi connectivity index (χ1v) is 12.0. The van der Waals surface area contributed by atoms with Crippen LogP contribution in [0.3, 0.4) is 0 Å². The molecule has 186 valence electrons. The van der Waals surface area contributed by atoms with Gasteiger partial charge in [-0.25, -0.2) is 9.59 Å². The molecule has 1 aliphatic heterocycles. The molecule has 2 aromatic carbocycles. The number of aliphatic hydroxyl groups is 1. The van der Waals surface area contributed by atoms with E-state index in [2.05, 4.69) is 29.6 Å². The van der Waals surface area contributed by atoms with Crippen molar-refractivity contribution in [2.45, 2.75) is 38.2 Å². The fourth-order valence-corrected chi connectivity index (χ4v) is 4.94. The summed E-state index contributed by atoms with van der Waals surface area (Å²) in [5, 5.41) is 22.1. The normalized spacial score (nSPS) is 19.8. The highest BCUT2D eigenvalue weighted by Crippen LogP contribution is 2.44. The lowest BCUT2D eigenvalue weighted by molar-refractivity contribution is -0.157. The monoisotopic (exact) mass is 480 g/mol. The molecule has 1 aliphatic carbocycles. The van der Waals surface area contributed by atoms with Crippen molar-refractivity contribution in [2.24, 2.45) is 11.8 Å². The van der Waals surface area contributed by atoms with Gasteiger partial charge in [-0.3, -0.25) is 4.79 Å². The number of hydrogen-bond donors (Lipinski definition) is 3. The zero-order valence-electron chi connectivity index (χ0n) is 20.1. The summed E-state index contributed by atoms with van der Waals surface area (Å²) in [5.41, 5.74) is 2.71. The Balaban J connectivity index is 1.30. The van der Waals surface area contributed by atoms with Gasteiger partial charge in [-0.1, -0.05) is 62.4 Å². The van der Waals surface area contributed by atoms with E-state index in [0.717, 1.165) is 22.3 Å². The molecule has 0 aromatic heterocycles. The molecule has 2 aliphatic rings. The average Bonchev–Trinajstić information content (AvgIpc) is 3.40. The number of hydrogen-bond acceptors (Lipinski definition) is 5. The molecule has 8 heteroatoms. The van der Waals surface area contributed by atoms with E-state index in [1.807, 2.05) is 38.1 Å². The molecule has 8 nitrogen and oxygen atoms in total. The fourth-order valence-electron chi connectivity index (χ4n) is 4.94. The number of benzene rings is 2. The maximum absolute atomic E-state index is 12.7. The quantitative estimate of drug-likeness (QED) is 0.534. The van der Waals surface area contributed by atoms with Gasteiger partial charge in [0.25, 0.3) is 0 Å². The van der Waals surface area contributed by atoms with Gasteiger partial charge in [0.15, 0.2) is 5.60 Å². The minimum absolute atomic E-state index is 0.0123. The second-order valence-corrected chi connectivity index (χ2v) is 9.82. The van der Waals surface area contributed by atoms with E-state index in [9.17, 15) is 24.6 Å². The molecule has 1 heterocycles. The number of fused-ring (bicyclic) bond motifs is 3. The largest absolute Gasteiger partial charge is 0.479 e. The van der Waals surface area contributed by atoms with Crippen molar-refractivity contribution < 1.29 is 29.3 Å². The number of rotatable bonds is 8. The molecule has 0 saturated carbocycles. The Labute approximate surface area is 204 Å². The van der Waals surface area contributed by atoms with Crippen molar-refractivity contribution in [3.05, 3.63) is 59.7 Å². The third kappa shape index (κ3) is 5.17. The van der Waals surface area contributed by atoms with Crippen molar-refractivity contribution in [1.29, 1.82) is 0 Å². The molecule has 2 amide bonds. The highest BCUT2D eigenvalue weighted by molar-refractivity contribution is 5.82. The fraction of sp³-hybridized carbons (Fsp3) is 0.444. The number of likely N-dealkylation sites (tertiary alicyclic amines) is 1. The number of alkyl carbamates (subject to hydrolysis) is 1. The number of nitrogens with one attached hydrogen (secondary N) is 1. The minimum atomic E-state index is -1.89. The number of carbonyl (C=O) groups is 3. The Morgan fingerprint density at radius 2 is 1.69 bits per heavy atom. The SMILES string of the molecule is CC(C)C(CNC(=O)OCC1c2ccccc2-c2ccccc21)CC(=O)N1CCC(O)(C(=O)O)C1. The summed E-state index contributed by atoms with van der Waals surface area (Å²) >= 11 is 0. The summed E-state index contributed by atoms with van der Waals surface area (Å²) in [6.45, 7) is 4.39. The Kier molecular flexibility index (Phi) is 7.12. The molecular formula is C27H32N2O6. The maximum atomic E-state index is 12.7. The van der Waals surface area contributed by atoms with Crippen LogP contribution in [-0.2, 0) is 14.3 Å². The van der Waals surface area contributed by atoms with Gasteiger partial charge in [0, 0.05) is 31.8 Å². The number of carbonyl (C=O) groups excluding carboxylic acids is 2. The molecule has 2 aromatic rings. The molecule has 2 atom stereocenters. The van der Waals surface area contributed by atoms with Crippen molar-refractivity contribution in [2.75, 3.05) is 26.2 Å². The Morgan fingerprint density at radius 3 is 2.23 bits per heavy atom. The predicted octanol–water partition coefficient (Wildman–Crippen LogP) is 3.24. The Hall–Kier alpha value is -3.39. The van der Waals surface area contributed by atoms with Gasteiger partial charge < -0.3 is 25.2 Å². The van der Waals surface area contributed by atoms with Gasteiger partial charge in [0.05, 0.1) is 6.54 Å². The lowest BCUT2D eigenvalue weighted by Crippen LogP contribution is -2.43. The predicted molar refractivity (Wildman–Crippen MR) is 130 cm³/mol. The molecule has 0 spiro atoms. The van der Waals surface area contributed by atoms with Crippen LogP contribution in [0.25, 0.3) is 11.1 Å². The van der Waals surface area contributed by atoms with Crippen LogP contribution >= 0.6 is 0 Å². The number of nitrogens with zero attached hydrogens (tertiary/aromatic N) is 1. The van der Waals surface area contributed by atoms with E-state index in [1.165, 1.54) is 4.90 Å². The first kappa shape index (κ1) is 24.7. The molecule has 0 radical (unpaired) electrons. The van der Waals surface area contributed by atoms with Crippen LogP contribution in [0.2, 0.25) is 0 Å². The van der Waals surface area contributed by atoms with Gasteiger partial charge in [-0.05, 0) is 34.1 Å². The van der Waals surface area contributed by atoms with E-state index in [1.54, 1.807) is 0 Å². The van der Waals surface area contributed by atoms with Gasteiger partial charge in [0.1, 0.15) is 6.61 Å². The lowest BCUT2D eigenvalue weighted by atomic mass is 9.92. The number of aliphatic carboxylic acids is 1. The summed E-state index contributed by atoms with van der Waals surface area (Å²) in [7, 11) is 0. The van der Waals surface area contributed by atoms with E-state index >= 15 is 0 Å². The zero-order chi connectivity index (χ0) is 25.2. The van der Waals surface area contributed by atoms with E-state index in [0.29, 0.717) is 0 Å². The van der Waals surface area contributed by atoms with E-state index in [-0.39, 0.29) is 62.7 Å². The third-order valence-corrected chi connectivity index (χ3v) is 7.23. The topological polar surface area (TPSA) is 116 Å². The smallest absolute Gasteiger partial charge is 0.407 e. The van der Waals surface area contributed by atoms with Gasteiger partial charge >= 0.3 is 12.1 Å². The Bertz CT molecular complexity index is 1070. The molecular weight excluding hydrogens is 448 g/mol. The lowest BCUT2D eigenvalue weighted by Gasteiger charge is -2.25. The van der Waals surface area contributed by atoms with Gasteiger partial charge in [0.2, 0.25) is 5.91 Å². The highest BCUT2D eigenvalue weighted by atomic mass is 16.5. The van der Waals surface area contributed by atoms with Crippen molar-refractivity contribution >= 4 is 18.0 Å². The summed E-state index contributed by atoms with van der Waals surface area (Å²) in [6.07, 6.45) is -0.374. The van der Waals surface area contributed by atoms with Crippen LogP contribution in [0.5, 0.6) is 0 Å². The Morgan fingerprint density at radius 1 is 1.09 bits per heavy atom. The first-order valence-electron chi connectivity index (χ1n) is 12.0. The molecule has 2 unspecified atom stereocenters.